The van der Waals surface area contributed by atoms with Gasteiger partial charge in [0.2, 0.25) is 29.5 Å². The van der Waals surface area contributed by atoms with Crippen molar-refractivity contribution < 1.29 is 72.0 Å². The smallest absolute Gasteiger partial charge is 0.333 e. The van der Waals surface area contributed by atoms with Crippen LogP contribution < -0.4 is 21.3 Å². The van der Waals surface area contributed by atoms with E-state index in [4.69, 9.17) is 18.9 Å². The zero-order valence-electron chi connectivity index (χ0n) is 41.3. The molecule has 1 saturated heterocycles. The average molecular weight is 960 g/mol. The number of nitrogens with one attached hydrogen (secondary N) is 4. The second kappa shape index (κ2) is 25.6. The van der Waals surface area contributed by atoms with E-state index in [9.17, 15) is 53.1 Å². The molecule has 1 aromatic rings. The quantitative estimate of drug-likeness (QED) is 0.0989. The molecule has 0 radical (unpaired) electrons. The van der Waals surface area contributed by atoms with Gasteiger partial charge in [0.15, 0.2) is 24.2 Å². The Morgan fingerprint density at radius 3 is 1.91 bits per heavy atom. The Kier molecular flexibility index (Phi) is 21.8. The zero-order valence-corrected chi connectivity index (χ0v) is 41.3. The van der Waals surface area contributed by atoms with Crippen LogP contribution in [0.4, 0.5) is 0 Å². The highest BCUT2D eigenvalue weighted by Gasteiger charge is 2.46. The lowest BCUT2D eigenvalue weighted by molar-refractivity contribution is -0.174. The second-order valence-corrected chi connectivity index (χ2v) is 17.5. The Bertz CT molecular complexity index is 2030. The molecule has 11 atom stereocenters. The second-order valence-electron chi connectivity index (χ2n) is 17.5. The maximum Gasteiger partial charge on any atom is 0.333 e. The molecule has 1 aromatic carbocycles. The van der Waals surface area contributed by atoms with E-state index in [1.807, 2.05) is 0 Å². The molecule has 0 aromatic heterocycles. The van der Waals surface area contributed by atoms with Gasteiger partial charge in [0.25, 0.3) is 11.8 Å². The van der Waals surface area contributed by atoms with Crippen molar-refractivity contribution in [3.63, 3.8) is 0 Å². The molecule has 5 N–H and O–H groups in total. The van der Waals surface area contributed by atoms with Gasteiger partial charge in [0.05, 0.1) is 12.2 Å². The number of esters is 3. The number of likely N-dealkylation sites (N-methyl/N-ethyl adjacent to an activating group) is 3. The van der Waals surface area contributed by atoms with Crippen molar-refractivity contribution in [1.82, 2.24) is 36.0 Å². The summed E-state index contributed by atoms with van der Waals surface area (Å²) in [7, 11) is 4.83. The van der Waals surface area contributed by atoms with E-state index in [1.165, 1.54) is 55.9 Å². The van der Waals surface area contributed by atoms with Gasteiger partial charge >= 0.3 is 17.9 Å². The number of rotatable bonds is 12. The molecule has 0 unspecified atom stereocenters. The van der Waals surface area contributed by atoms with Gasteiger partial charge in [-0.25, -0.2) is 14.4 Å². The molecule has 7 amide bonds. The van der Waals surface area contributed by atoms with Crippen molar-refractivity contribution in [2.45, 2.75) is 142 Å². The third-order valence-electron chi connectivity index (χ3n) is 11.5. The van der Waals surface area contributed by atoms with Crippen molar-refractivity contribution in [3.8, 4) is 0 Å². The summed E-state index contributed by atoms with van der Waals surface area (Å²) in [5.41, 5.74) is 0.0526. The Labute approximate surface area is 397 Å². The van der Waals surface area contributed by atoms with Gasteiger partial charge in [0.1, 0.15) is 36.0 Å². The standard InChI is InChI=1S/C46H69N7O15/c1-22(2)37(56)34(49-30(11)55)45(63)68-38(23(3)4)35-43(61)53(14)36(28(9)65-15)46(64)66-27(8)33(48-29(10)54)44(62)67-32(21-31-19-17-16-18-20-31)42(60)52(13)25(6)39(57)47-24(5)41(59)51(12)26(7)40(58)50-35/h16-20,22-24,26-28,32-38,56H,6,21H2,1-5,7-15H3,(H,47,57)(H,48,54)(H,49,55)(H,50,58)/t24-,26-,27+,28+,32+,33-,34-,35-,36-,37-,38+/m0/s1. The summed E-state index contributed by atoms with van der Waals surface area (Å²) in [6.45, 7) is 17.5. The van der Waals surface area contributed by atoms with Gasteiger partial charge in [-0.2, -0.15) is 0 Å². The van der Waals surface area contributed by atoms with Crippen molar-refractivity contribution >= 4 is 59.3 Å². The first-order valence-electron chi connectivity index (χ1n) is 22.1. The summed E-state index contributed by atoms with van der Waals surface area (Å²) in [5, 5.41) is 20.7. The minimum absolute atomic E-state index is 0.231. The number of methoxy groups -OCH3 is 1. The lowest BCUT2D eigenvalue weighted by atomic mass is 9.95. The number of hydrogen-bond donors (Lipinski definition) is 5. The predicted octanol–water partition coefficient (Wildman–Crippen LogP) is -0.649. The van der Waals surface area contributed by atoms with Crippen molar-refractivity contribution in [1.29, 1.82) is 0 Å². The highest BCUT2D eigenvalue weighted by atomic mass is 16.6. The number of ether oxygens (including phenoxy) is 4. The molecule has 0 saturated carbocycles. The molecule has 0 aliphatic carbocycles. The fraction of sp³-hybridized carbons (Fsp3) is 0.609. The van der Waals surface area contributed by atoms with Gasteiger partial charge in [0, 0.05) is 48.5 Å². The van der Waals surface area contributed by atoms with Crippen LogP contribution in [0, 0.1) is 11.8 Å². The molecule has 68 heavy (non-hydrogen) atoms. The summed E-state index contributed by atoms with van der Waals surface area (Å²) in [6, 6.07) is -1.31. The van der Waals surface area contributed by atoms with E-state index < -0.39 is 144 Å². The zero-order chi connectivity index (χ0) is 52.1. The maximum absolute atomic E-state index is 14.9. The van der Waals surface area contributed by atoms with Crippen LogP contribution in [-0.4, -0.2) is 174 Å². The summed E-state index contributed by atoms with van der Waals surface area (Å²) >= 11 is 0. The van der Waals surface area contributed by atoms with Crippen LogP contribution in [0.2, 0.25) is 0 Å². The molecule has 1 fully saturated rings. The SMILES string of the molecule is C=C1C(=O)N[C@@H](C)C(=O)N(C)[C@@H](C)C(=O)N[C@@H]([C@H](OC(=O)[C@@H](NC(C)=O)[C@@H](O)C(C)C)C(C)C)C(=O)N(C)[C@@H]([C@@H](C)OC)C(=O)O[C@H](C)[C@H](NC(C)=O)C(=O)O[C@H](Cc2ccccc2)C(=O)N1C. The van der Waals surface area contributed by atoms with Gasteiger partial charge in [-0.15, -0.1) is 0 Å². The van der Waals surface area contributed by atoms with Gasteiger partial charge < -0.3 is 60.0 Å². The molecule has 0 spiro atoms. The number of carbonyl (C=O) groups excluding carboxylic acids is 10. The van der Waals surface area contributed by atoms with Crippen LogP contribution in [0.5, 0.6) is 0 Å². The fourth-order valence-corrected chi connectivity index (χ4v) is 7.04. The van der Waals surface area contributed by atoms with E-state index in [0.717, 1.165) is 28.5 Å². The maximum atomic E-state index is 14.9. The van der Waals surface area contributed by atoms with Crippen LogP contribution in [0.25, 0.3) is 0 Å². The highest BCUT2D eigenvalue weighted by molar-refractivity contribution is 6.01. The van der Waals surface area contributed by atoms with Crippen LogP contribution in [0.1, 0.15) is 74.8 Å². The lowest BCUT2D eigenvalue weighted by Crippen LogP contribution is -2.63. The minimum atomic E-state index is -1.86. The van der Waals surface area contributed by atoms with Crippen LogP contribution >= 0.6 is 0 Å². The molecule has 1 aliphatic rings. The summed E-state index contributed by atoms with van der Waals surface area (Å²) in [5.74, 6) is -11.2. The van der Waals surface area contributed by atoms with Gasteiger partial charge in [-0.05, 0) is 45.1 Å². The van der Waals surface area contributed by atoms with Gasteiger partial charge in [-0.1, -0.05) is 64.6 Å². The Morgan fingerprint density at radius 2 is 1.40 bits per heavy atom. The average Bonchev–Trinajstić information content (AvgIpc) is 3.27. The van der Waals surface area contributed by atoms with E-state index in [2.05, 4.69) is 27.8 Å². The molecule has 2 rings (SSSR count). The van der Waals surface area contributed by atoms with Crippen LogP contribution in [0.3, 0.4) is 0 Å². The van der Waals surface area contributed by atoms with E-state index >= 15 is 0 Å². The predicted molar refractivity (Wildman–Crippen MR) is 243 cm³/mol. The minimum Gasteiger partial charge on any atom is -0.458 e. The third-order valence-corrected chi connectivity index (χ3v) is 11.5. The number of hydrogen-bond acceptors (Lipinski definition) is 15. The molecule has 0 bridgehead atoms. The number of benzene rings is 1. The number of aliphatic hydroxyl groups is 1. The third kappa shape index (κ3) is 15.3. The van der Waals surface area contributed by atoms with Crippen molar-refractivity contribution in [2.24, 2.45) is 11.8 Å². The molecule has 22 heteroatoms. The van der Waals surface area contributed by atoms with E-state index in [0.29, 0.717) is 5.56 Å². The van der Waals surface area contributed by atoms with E-state index in [-0.39, 0.29) is 6.42 Å². The molecule has 1 heterocycles. The first-order chi connectivity index (χ1) is 31.6. The van der Waals surface area contributed by atoms with E-state index in [1.54, 1.807) is 58.0 Å². The number of amides is 7. The number of carbonyl (C=O) groups is 10. The summed E-state index contributed by atoms with van der Waals surface area (Å²) in [4.78, 5) is 140. The topological polar surface area (TPSA) is 286 Å². The molecular weight excluding hydrogens is 891 g/mol. The first kappa shape index (κ1) is 57.7. The largest absolute Gasteiger partial charge is 0.458 e. The molecule has 22 nitrogen and oxygen atoms in total. The highest BCUT2D eigenvalue weighted by Crippen LogP contribution is 2.22. The van der Waals surface area contributed by atoms with Crippen molar-refractivity contribution in [2.75, 3.05) is 28.3 Å². The normalized spacial score (nSPS) is 25.2. The van der Waals surface area contributed by atoms with Crippen molar-refractivity contribution in [3.05, 3.63) is 48.2 Å². The summed E-state index contributed by atoms with van der Waals surface area (Å²) in [6.07, 6.45) is -7.68. The van der Waals surface area contributed by atoms with Crippen LogP contribution in [-0.2, 0) is 73.3 Å². The fourth-order valence-electron chi connectivity index (χ4n) is 7.04. The Hall–Kier alpha value is -6.42. The Balaban J connectivity index is 2.89. The number of aliphatic hydroxyl groups excluding tert-OH is 1. The molecule has 378 valence electrons. The number of cyclic esters (lactones) is 2. The number of nitrogens with zero attached hydrogens (tertiary/aromatic N) is 3. The Morgan fingerprint density at radius 1 is 0.809 bits per heavy atom. The van der Waals surface area contributed by atoms with Gasteiger partial charge in [-0.3, -0.25) is 33.6 Å². The van der Waals surface area contributed by atoms with Crippen LogP contribution in [0.15, 0.2) is 42.6 Å². The lowest BCUT2D eigenvalue weighted by Gasteiger charge is -2.38. The first-order valence-corrected chi connectivity index (χ1v) is 22.1. The summed E-state index contributed by atoms with van der Waals surface area (Å²) < 4.78 is 22.9. The monoisotopic (exact) mass is 959 g/mol. The molecular formula is C46H69N7O15. The molecule has 1 aliphatic heterocycles.